The zero-order valence-corrected chi connectivity index (χ0v) is 17.9. The van der Waals surface area contributed by atoms with Crippen LogP contribution in [0.1, 0.15) is 22.8 Å². The largest absolute Gasteiger partial charge is 0.491 e. The molecule has 1 atom stereocenters. The summed E-state index contributed by atoms with van der Waals surface area (Å²) in [6.45, 7) is 3.97. The zero-order valence-electron chi connectivity index (χ0n) is 17.1. The molecule has 3 aromatic rings. The second-order valence-corrected chi connectivity index (χ2v) is 8.75. The number of anilines is 1. The van der Waals surface area contributed by atoms with Crippen molar-refractivity contribution in [2.24, 2.45) is 0 Å². The van der Waals surface area contributed by atoms with Gasteiger partial charge in [-0.05, 0) is 55.8 Å². The Balaban J connectivity index is 1.66. The molecule has 3 aromatic carbocycles. The first kappa shape index (κ1) is 22.3. The fourth-order valence-corrected chi connectivity index (χ4v) is 3.95. The Morgan fingerprint density at radius 3 is 2.48 bits per heavy atom. The van der Waals surface area contributed by atoms with E-state index in [-0.39, 0.29) is 28.8 Å². The number of ether oxygens (including phenoxy) is 1. The van der Waals surface area contributed by atoms with Crippen molar-refractivity contribution in [2.75, 3.05) is 11.3 Å². The van der Waals surface area contributed by atoms with Gasteiger partial charge < -0.3 is 10.1 Å². The van der Waals surface area contributed by atoms with Gasteiger partial charge in [-0.25, -0.2) is 12.8 Å². The summed E-state index contributed by atoms with van der Waals surface area (Å²) in [6, 6.07) is 18.2. The molecule has 0 saturated carbocycles. The highest BCUT2D eigenvalue weighted by Crippen LogP contribution is 2.20. The normalized spacial score (nSPS) is 12.1. The molecule has 3 rings (SSSR count). The number of para-hydroxylation sites is 2. The summed E-state index contributed by atoms with van der Waals surface area (Å²) < 4.78 is 47.0. The second kappa shape index (κ2) is 9.61. The van der Waals surface area contributed by atoms with Crippen LogP contribution in [0, 0.1) is 12.7 Å². The number of benzene rings is 3. The van der Waals surface area contributed by atoms with Gasteiger partial charge in [-0.15, -0.1) is 0 Å². The van der Waals surface area contributed by atoms with Gasteiger partial charge in [0.05, 0.1) is 16.6 Å². The summed E-state index contributed by atoms with van der Waals surface area (Å²) in [4.78, 5) is 12.4. The number of carbonyl (C=O) groups excluding carboxylic acids is 1. The van der Waals surface area contributed by atoms with Crippen molar-refractivity contribution in [3.8, 4) is 5.75 Å². The third-order valence-corrected chi connectivity index (χ3v) is 5.85. The van der Waals surface area contributed by atoms with E-state index in [1.807, 2.05) is 31.2 Å². The summed E-state index contributed by atoms with van der Waals surface area (Å²) in [7, 11) is -4.07. The van der Waals surface area contributed by atoms with Crippen LogP contribution >= 0.6 is 0 Å². The van der Waals surface area contributed by atoms with Gasteiger partial charge >= 0.3 is 0 Å². The monoisotopic (exact) mass is 442 g/mol. The Bertz CT molecular complexity index is 1180. The molecule has 0 aliphatic carbocycles. The van der Waals surface area contributed by atoms with E-state index >= 15 is 0 Å². The number of rotatable bonds is 8. The fraction of sp³-hybridized carbons (Fsp3) is 0.174. The van der Waals surface area contributed by atoms with E-state index in [2.05, 4.69) is 10.0 Å². The van der Waals surface area contributed by atoms with Gasteiger partial charge in [0.1, 0.15) is 18.2 Å². The van der Waals surface area contributed by atoms with Crippen molar-refractivity contribution in [3.63, 3.8) is 0 Å². The minimum atomic E-state index is -4.07. The van der Waals surface area contributed by atoms with Crippen LogP contribution in [0.15, 0.2) is 77.7 Å². The van der Waals surface area contributed by atoms with Crippen LogP contribution in [0.25, 0.3) is 0 Å². The smallest absolute Gasteiger partial charge is 0.262 e. The molecule has 0 unspecified atom stereocenters. The first-order chi connectivity index (χ1) is 14.8. The lowest BCUT2D eigenvalue weighted by molar-refractivity contribution is 0.0926. The molecule has 0 radical (unpaired) electrons. The predicted octanol–water partition coefficient (Wildman–Crippen LogP) is 4.13. The average molecular weight is 443 g/mol. The molecule has 0 spiro atoms. The molecule has 162 valence electrons. The van der Waals surface area contributed by atoms with Crippen LogP contribution in [0.4, 0.5) is 10.1 Å². The van der Waals surface area contributed by atoms with Crippen LogP contribution in [0.3, 0.4) is 0 Å². The van der Waals surface area contributed by atoms with Gasteiger partial charge in [0.15, 0.2) is 0 Å². The number of halogens is 1. The number of nitrogens with one attached hydrogen (secondary N) is 2. The van der Waals surface area contributed by atoms with E-state index in [4.69, 9.17) is 4.74 Å². The molecule has 0 heterocycles. The second-order valence-electron chi connectivity index (χ2n) is 7.06. The number of carbonyl (C=O) groups is 1. The summed E-state index contributed by atoms with van der Waals surface area (Å²) >= 11 is 0. The number of amides is 1. The van der Waals surface area contributed by atoms with Crippen molar-refractivity contribution in [2.45, 2.75) is 24.8 Å². The van der Waals surface area contributed by atoms with Crippen molar-refractivity contribution < 1.29 is 22.3 Å². The summed E-state index contributed by atoms with van der Waals surface area (Å²) in [5.74, 6) is -0.401. The third kappa shape index (κ3) is 5.82. The molecule has 0 aliphatic rings. The lowest BCUT2D eigenvalue weighted by Gasteiger charge is -2.16. The summed E-state index contributed by atoms with van der Waals surface area (Å²) in [5.41, 5.74) is 0.986. The van der Waals surface area contributed by atoms with Gasteiger partial charge in [-0.1, -0.05) is 36.4 Å². The van der Waals surface area contributed by atoms with E-state index < -0.39 is 21.7 Å². The fourth-order valence-electron chi connectivity index (χ4n) is 2.83. The number of hydrogen-bond acceptors (Lipinski definition) is 4. The number of sulfonamides is 1. The lowest BCUT2D eigenvalue weighted by atomic mass is 10.2. The molecule has 2 N–H and O–H groups in total. The van der Waals surface area contributed by atoms with Gasteiger partial charge in [-0.3, -0.25) is 9.52 Å². The van der Waals surface area contributed by atoms with Crippen LogP contribution in [-0.2, 0) is 10.0 Å². The molecule has 0 aromatic heterocycles. The van der Waals surface area contributed by atoms with E-state index in [1.165, 1.54) is 42.5 Å². The summed E-state index contributed by atoms with van der Waals surface area (Å²) in [5, 5.41) is 2.78. The van der Waals surface area contributed by atoms with Crippen molar-refractivity contribution in [1.29, 1.82) is 0 Å². The molecular weight excluding hydrogens is 419 g/mol. The molecule has 0 saturated heterocycles. The van der Waals surface area contributed by atoms with E-state index in [1.54, 1.807) is 6.92 Å². The Hall–Kier alpha value is -3.39. The molecule has 0 fully saturated rings. The Morgan fingerprint density at radius 2 is 1.74 bits per heavy atom. The van der Waals surface area contributed by atoms with Crippen molar-refractivity contribution in [3.05, 3.63) is 89.7 Å². The highest BCUT2D eigenvalue weighted by Gasteiger charge is 2.19. The van der Waals surface area contributed by atoms with Crippen LogP contribution in [0.2, 0.25) is 0 Å². The topological polar surface area (TPSA) is 84.5 Å². The highest BCUT2D eigenvalue weighted by molar-refractivity contribution is 7.92. The third-order valence-electron chi connectivity index (χ3n) is 4.48. The summed E-state index contributed by atoms with van der Waals surface area (Å²) in [6.07, 6.45) is 0. The average Bonchev–Trinajstić information content (AvgIpc) is 2.75. The molecular formula is C23H23FN2O4S. The minimum Gasteiger partial charge on any atom is -0.491 e. The van der Waals surface area contributed by atoms with Gasteiger partial charge in [-0.2, -0.15) is 0 Å². The maximum absolute atomic E-state index is 13.8. The molecule has 31 heavy (non-hydrogen) atoms. The Kier molecular flexibility index (Phi) is 6.91. The Morgan fingerprint density at radius 1 is 1.03 bits per heavy atom. The molecule has 0 aliphatic heterocycles. The molecule has 0 bridgehead atoms. The van der Waals surface area contributed by atoms with E-state index in [0.29, 0.717) is 0 Å². The van der Waals surface area contributed by atoms with Gasteiger partial charge in [0.25, 0.3) is 15.9 Å². The SMILES string of the molecule is Cc1ccccc1OC[C@@H](C)NC(=O)c1cccc(S(=O)(=O)Nc2ccccc2F)c1. The molecule has 1 amide bonds. The number of hydrogen-bond donors (Lipinski definition) is 2. The van der Waals surface area contributed by atoms with Crippen molar-refractivity contribution >= 4 is 21.6 Å². The van der Waals surface area contributed by atoms with Crippen LogP contribution in [0.5, 0.6) is 5.75 Å². The standard InChI is InChI=1S/C23H23FN2O4S/c1-16-8-3-6-13-22(16)30-15-17(2)25-23(27)18-9-7-10-19(14-18)31(28,29)26-21-12-5-4-11-20(21)24/h3-14,17,26H,15H2,1-2H3,(H,25,27)/t17-/m1/s1. The van der Waals surface area contributed by atoms with Gasteiger partial charge in [0.2, 0.25) is 0 Å². The predicted molar refractivity (Wildman–Crippen MR) is 117 cm³/mol. The van der Waals surface area contributed by atoms with E-state index in [0.717, 1.165) is 17.4 Å². The highest BCUT2D eigenvalue weighted by atomic mass is 32.2. The minimum absolute atomic E-state index is 0.146. The maximum atomic E-state index is 13.8. The lowest BCUT2D eigenvalue weighted by Crippen LogP contribution is -2.36. The Labute approximate surface area is 181 Å². The molecule has 6 nitrogen and oxygen atoms in total. The van der Waals surface area contributed by atoms with Crippen LogP contribution in [-0.4, -0.2) is 27.0 Å². The number of aryl methyl sites for hydroxylation is 1. The first-order valence-electron chi connectivity index (χ1n) is 9.63. The molecule has 8 heteroatoms. The van der Waals surface area contributed by atoms with E-state index in [9.17, 15) is 17.6 Å². The van der Waals surface area contributed by atoms with Crippen LogP contribution < -0.4 is 14.8 Å². The first-order valence-corrected chi connectivity index (χ1v) is 11.1. The van der Waals surface area contributed by atoms with Crippen molar-refractivity contribution in [1.82, 2.24) is 5.32 Å². The quantitative estimate of drug-likeness (QED) is 0.549. The van der Waals surface area contributed by atoms with Gasteiger partial charge in [0, 0.05) is 5.56 Å². The maximum Gasteiger partial charge on any atom is 0.262 e. The zero-order chi connectivity index (χ0) is 22.4.